The van der Waals surface area contributed by atoms with Gasteiger partial charge in [-0.3, -0.25) is 0 Å². The molecule has 1 heteroatoms. The quantitative estimate of drug-likeness (QED) is 0.525. The number of fused-ring (bicyclic) bond motifs is 2. The second-order valence-electron chi connectivity index (χ2n) is 5.44. The zero-order valence-electron chi connectivity index (χ0n) is 11.8. The molecule has 102 valence electrons. The van der Waals surface area contributed by atoms with Crippen molar-refractivity contribution in [3.8, 4) is 0 Å². The molecule has 0 saturated carbocycles. The van der Waals surface area contributed by atoms with Gasteiger partial charge in [-0.15, -0.1) is 0 Å². The molecule has 0 spiro atoms. The Bertz CT molecular complexity index is 715. The molecule has 3 rings (SSSR count). The van der Waals surface area contributed by atoms with E-state index in [1.165, 1.54) is 39.9 Å². The highest BCUT2D eigenvalue weighted by Gasteiger charge is 2.03. The first kappa shape index (κ1) is 13.1. The van der Waals surface area contributed by atoms with Gasteiger partial charge in [0.2, 0.25) is 0 Å². The van der Waals surface area contributed by atoms with E-state index in [1.54, 1.807) is 0 Å². The van der Waals surface area contributed by atoms with E-state index in [2.05, 4.69) is 54.6 Å². The number of aryl methyl sites for hydroxylation is 1. The molecule has 3 aromatic carbocycles. The van der Waals surface area contributed by atoms with Crippen LogP contribution in [0.3, 0.4) is 0 Å². The molecule has 0 aliphatic carbocycles. The molecule has 0 radical (unpaired) electrons. The Hall–Kier alpha value is -1.86. The lowest BCUT2D eigenvalue weighted by Gasteiger charge is -2.08. The highest BCUT2D eigenvalue weighted by Crippen LogP contribution is 2.26. The van der Waals surface area contributed by atoms with Crippen LogP contribution in [0.25, 0.3) is 21.5 Å². The summed E-state index contributed by atoms with van der Waals surface area (Å²) in [5, 5.41) is 5.40. The third-order valence-corrected chi connectivity index (χ3v) is 3.99. The zero-order chi connectivity index (χ0) is 13.8. The Balaban J connectivity index is 1.97. The fourth-order valence-electron chi connectivity index (χ4n) is 2.89. The largest absolute Gasteiger partial charge is 0.330 e. The first-order chi connectivity index (χ1) is 9.88. The van der Waals surface area contributed by atoms with Crippen LogP contribution >= 0.6 is 0 Å². The Morgan fingerprint density at radius 1 is 0.700 bits per heavy atom. The molecule has 1 nitrogen and oxygen atoms in total. The second kappa shape index (κ2) is 6.06. The SMILES string of the molecule is NCCCCCc1cccc2cc3ccccc3cc12. The van der Waals surface area contributed by atoms with E-state index in [-0.39, 0.29) is 0 Å². The van der Waals surface area contributed by atoms with Crippen LogP contribution in [0.2, 0.25) is 0 Å². The van der Waals surface area contributed by atoms with Crippen LogP contribution in [0, 0.1) is 0 Å². The summed E-state index contributed by atoms with van der Waals surface area (Å²) < 4.78 is 0. The second-order valence-corrected chi connectivity index (χ2v) is 5.44. The van der Waals surface area contributed by atoms with Gasteiger partial charge in [-0.25, -0.2) is 0 Å². The minimum Gasteiger partial charge on any atom is -0.330 e. The summed E-state index contributed by atoms with van der Waals surface area (Å²) in [4.78, 5) is 0. The summed E-state index contributed by atoms with van der Waals surface area (Å²) >= 11 is 0. The maximum absolute atomic E-state index is 5.56. The summed E-state index contributed by atoms with van der Waals surface area (Å²) in [5.74, 6) is 0. The lowest BCUT2D eigenvalue weighted by Crippen LogP contribution is -1.98. The average Bonchev–Trinajstić information content (AvgIpc) is 2.50. The molecule has 0 unspecified atom stereocenters. The standard InChI is InChI=1S/C19H21N/c20-12-5-1-2-7-15-10-6-11-18-13-16-8-3-4-9-17(16)14-19(15)18/h3-4,6,8-11,13-14H,1-2,5,7,12,20H2. The third-order valence-electron chi connectivity index (χ3n) is 3.99. The van der Waals surface area contributed by atoms with Crippen LogP contribution in [-0.4, -0.2) is 6.54 Å². The fourth-order valence-corrected chi connectivity index (χ4v) is 2.89. The Kier molecular flexibility index (Phi) is 3.98. The summed E-state index contributed by atoms with van der Waals surface area (Å²) in [6.45, 7) is 0.806. The summed E-state index contributed by atoms with van der Waals surface area (Å²) in [5.41, 5.74) is 7.02. The smallest absolute Gasteiger partial charge is 0.00773 e. The number of rotatable bonds is 5. The number of benzene rings is 3. The molecule has 0 bridgehead atoms. The van der Waals surface area contributed by atoms with Gasteiger partial charge in [0, 0.05) is 0 Å². The Morgan fingerprint density at radius 2 is 1.45 bits per heavy atom. The molecule has 0 aliphatic rings. The van der Waals surface area contributed by atoms with Crippen molar-refractivity contribution in [2.75, 3.05) is 6.54 Å². The predicted octanol–water partition coefficient (Wildman–Crippen LogP) is 4.66. The highest BCUT2D eigenvalue weighted by atomic mass is 14.5. The van der Waals surface area contributed by atoms with Gasteiger partial charge in [-0.05, 0) is 65.0 Å². The Labute approximate surface area is 120 Å². The van der Waals surface area contributed by atoms with Crippen molar-refractivity contribution >= 4 is 21.5 Å². The minimum absolute atomic E-state index is 0.806. The van der Waals surface area contributed by atoms with Gasteiger partial charge in [-0.1, -0.05) is 48.9 Å². The summed E-state index contributed by atoms with van der Waals surface area (Å²) in [7, 11) is 0. The van der Waals surface area contributed by atoms with Crippen LogP contribution in [0.1, 0.15) is 24.8 Å². The molecular weight excluding hydrogens is 242 g/mol. The number of nitrogens with two attached hydrogens (primary N) is 1. The van der Waals surface area contributed by atoms with Crippen LogP contribution in [0.15, 0.2) is 54.6 Å². The van der Waals surface area contributed by atoms with Crippen LogP contribution in [0.5, 0.6) is 0 Å². The molecule has 0 amide bonds. The molecule has 0 fully saturated rings. The molecule has 0 saturated heterocycles. The molecule has 0 atom stereocenters. The summed E-state index contributed by atoms with van der Waals surface area (Å²) in [6, 6.07) is 19.9. The fraction of sp³-hybridized carbons (Fsp3) is 0.263. The van der Waals surface area contributed by atoms with Gasteiger partial charge in [0.1, 0.15) is 0 Å². The van der Waals surface area contributed by atoms with E-state index in [9.17, 15) is 0 Å². The lowest BCUT2D eigenvalue weighted by molar-refractivity contribution is 0.688. The highest BCUT2D eigenvalue weighted by molar-refractivity contribution is 5.99. The van der Waals surface area contributed by atoms with E-state index < -0.39 is 0 Å². The van der Waals surface area contributed by atoms with Crippen LogP contribution in [-0.2, 0) is 6.42 Å². The van der Waals surface area contributed by atoms with E-state index in [0.717, 1.165) is 19.4 Å². The topological polar surface area (TPSA) is 26.0 Å². The van der Waals surface area contributed by atoms with Gasteiger partial charge in [0.25, 0.3) is 0 Å². The minimum atomic E-state index is 0.806. The first-order valence-corrected chi connectivity index (χ1v) is 7.49. The first-order valence-electron chi connectivity index (χ1n) is 7.49. The van der Waals surface area contributed by atoms with Crippen molar-refractivity contribution in [3.05, 3.63) is 60.2 Å². The molecule has 0 aliphatic heterocycles. The van der Waals surface area contributed by atoms with Gasteiger partial charge < -0.3 is 5.73 Å². The predicted molar refractivity (Wildman–Crippen MR) is 88.1 cm³/mol. The molecule has 20 heavy (non-hydrogen) atoms. The Morgan fingerprint density at radius 3 is 2.25 bits per heavy atom. The lowest BCUT2D eigenvalue weighted by atomic mass is 9.97. The maximum Gasteiger partial charge on any atom is -0.00773 e. The van der Waals surface area contributed by atoms with Crippen molar-refractivity contribution in [3.63, 3.8) is 0 Å². The molecular formula is C19H21N. The van der Waals surface area contributed by atoms with E-state index >= 15 is 0 Å². The zero-order valence-corrected chi connectivity index (χ0v) is 11.8. The van der Waals surface area contributed by atoms with Crippen LogP contribution in [0.4, 0.5) is 0 Å². The van der Waals surface area contributed by atoms with E-state index in [0.29, 0.717) is 0 Å². The van der Waals surface area contributed by atoms with Crippen molar-refractivity contribution in [1.82, 2.24) is 0 Å². The normalized spacial score (nSPS) is 11.2. The van der Waals surface area contributed by atoms with Gasteiger partial charge >= 0.3 is 0 Å². The van der Waals surface area contributed by atoms with Crippen molar-refractivity contribution in [2.24, 2.45) is 5.73 Å². The van der Waals surface area contributed by atoms with Gasteiger partial charge in [0.15, 0.2) is 0 Å². The van der Waals surface area contributed by atoms with Crippen molar-refractivity contribution in [1.29, 1.82) is 0 Å². The van der Waals surface area contributed by atoms with E-state index in [1.807, 2.05) is 0 Å². The van der Waals surface area contributed by atoms with E-state index in [4.69, 9.17) is 5.73 Å². The monoisotopic (exact) mass is 263 g/mol. The number of hydrogen-bond acceptors (Lipinski definition) is 1. The molecule has 2 N–H and O–H groups in total. The van der Waals surface area contributed by atoms with Gasteiger partial charge in [0.05, 0.1) is 0 Å². The van der Waals surface area contributed by atoms with Gasteiger partial charge in [-0.2, -0.15) is 0 Å². The van der Waals surface area contributed by atoms with Crippen molar-refractivity contribution < 1.29 is 0 Å². The molecule has 0 heterocycles. The molecule has 3 aromatic rings. The van der Waals surface area contributed by atoms with Crippen LogP contribution < -0.4 is 5.73 Å². The maximum atomic E-state index is 5.56. The number of unbranched alkanes of at least 4 members (excludes halogenated alkanes) is 2. The average molecular weight is 263 g/mol. The number of hydrogen-bond donors (Lipinski definition) is 1. The third kappa shape index (κ3) is 2.68. The summed E-state index contributed by atoms with van der Waals surface area (Å²) in [6.07, 6.45) is 4.73. The van der Waals surface area contributed by atoms with Crippen molar-refractivity contribution in [2.45, 2.75) is 25.7 Å². The molecule has 0 aromatic heterocycles.